The number of benzene rings is 1. The first kappa shape index (κ1) is 15.5. The number of methoxy groups -OCH3 is 1. The number of hydrogen-bond acceptors (Lipinski definition) is 3. The molecule has 5 nitrogen and oxygen atoms in total. The van der Waals surface area contributed by atoms with Gasteiger partial charge in [0.05, 0.1) is 13.7 Å². The van der Waals surface area contributed by atoms with E-state index in [1.54, 1.807) is 19.2 Å². The Hall–Kier alpha value is -1.91. The van der Waals surface area contributed by atoms with Crippen LogP contribution in [0, 0.1) is 0 Å². The third-order valence-corrected chi connectivity index (χ3v) is 3.66. The standard InChI is InChI=1S/C16H24N2O3/c1-3-21-15-11-13(9-10-14(15)20-2)18-16(19)17-12-7-5-4-6-8-12/h9-12H,3-8H2,1-2H3,(H2,17,18,19). The average Bonchev–Trinajstić information content (AvgIpc) is 2.49. The van der Waals surface area contributed by atoms with Gasteiger partial charge >= 0.3 is 6.03 Å². The molecule has 1 saturated carbocycles. The van der Waals surface area contributed by atoms with Crippen LogP contribution in [-0.4, -0.2) is 25.8 Å². The molecular formula is C16H24N2O3. The summed E-state index contributed by atoms with van der Waals surface area (Å²) in [6, 6.07) is 5.52. The highest BCUT2D eigenvalue weighted by Crippen LogP contribution is 2.30. The van der Waals surface area contributed by atoms with Crippen LogP contribution in [0.2, 0.25) is 0 Å². The first-order valence-corrected chi connectivity index (χ1v) is 7.61. The number of anilines is 1. The van der Waals surface area contributed by atoms with Crippen LogP contribution in [0.3, 0.4) is 0 Å². The highest BCUT2D eigenvalue weighted by atomic mass is 16.5. The minimum atomic E-state index is -0.158. The van der Waals surface area contributed by atoms with Gasteiger partial charge in [0.2, 0.25) is 0 Å². The van der Waals surface area contributed by atoms with Gasteiger partial charge in [-0.25, -0.2) is 4.79 Å². The number of ether oxygens (including phenoxy) is 2. The summed E-state index contributed by atoms with van der Waals surface area (Å²) in [6.45, 7) is 2.46. The van der Waals surface area contributed by atoms with Crippen molar-refractivity contribution in [3.8, 4) is 11.5 Å². The summed E-state index contributed by atoms with van der Waals surface area (Å²) in [6.07, 6.45) is 5.81. The quantitative estimate of drug-likeness (QED) is 0.872. The van der Waals surface area contributed by atoms with Crippen LogP contribution in [0.4, 0.5) is 10.5 Å². The number of amides is 2. The van der Waals surface area contributed by atoms with Gasteiger partial charge in [-0.3, -0.25) is 0 Å². The van der Waals surface area contributed by atoms with Crippen LogP contribution < -0.4 is 20.1 Å². The molecule has 0 bridgehead atoms. The van der Waals surface area contributed by atoms with E-state index in [1.165, 1.54) is 19.3 Å². The van der Waals surface area contributed by atoms with Crippen LogP contribution >= 0.6 is 0 Å². The molecule has 0 spiro atoms. The Morgan fingerprint density at radius 1 is 1.24 bits per heavy atom. The number of nitrogens with one attached hydrogen (secondary N) is 2. The normalized spacial score (nSPS) is 15.3. The van der Waals surface area contributed by atoms with E-state index < -0.39 is 0 Å². The lowest BCUT2D eigenvalue weighted by Gasteiger charge is -2.23. The van der Waals surface area contributed by atoms with Gasteiger partial charge in [0, 0.05) is 17.8 Å². The summed E-state index contributed by atoms with van der Waals surface area (Å²) in [4.78, 5) is 12.0. The van der Waals surface area contributed by atoms with Crippen LogP contribution in [-0.2, 0) is 0 Å². The van der Waals surface area contributed by atoms with Crippen molar-refractivity contribution in [2.45, 2.75) is 45.1 Å². The van der Waals surface area contributed by atoms with Crippen LogP contribution in [0.5, 0.6) is 11.5 Å². The molecule has 0 unspecified atom stereocenters. The van der Waals surface area contributed by atoms with Crippen molar-refractivity contribution in [1.29, 1.82) is 0 Å². The molecule has 2 amide bonds. The van der Waals surface area contributed by atoms with Crippen LogP contribution in [0.1, 0.15) is 39.0 Å². The van der Waals surface area contributed by atoms with Crippen molar-refractivity contribution in [3.05, 3.63) is 18.2 Å². The Morgan fingerprint density at radius 3 is 2.67 bits per heavy atom. The third-order valence-electron chi connectivity index (χ3n) is 3.66. The molecular weight excluding hydrogens is 268 g/mol. The van der Waals surface area contributed by atoms with Crippen molar-refractivity contribution < 1.29 is 14.3 Å². The summed E-state index contributed by atoms with van der Waals surface area (Å²) in [7, 11) is 1.60. The number of urea groups is 1. The molecule has 2 rings (SSSR count). The lowest BCUT2D eigenvalue weighted by molar-refractivity contribution is 0.244. The minimum absolute atomic E-state index is 0.158. The summed E-state index contributed by atoms with van der Waals surface area (Å²) in [5, 5.41) is 5.88. The van der Waals surface area contributed by atoms with E-state index in [4.69, 9.17) is 9.47 Å². The van der Waals surface area contributed by atoms with Gasteiger partial charge in [-0.05, 0) is 31.9 Å². The molecule has 0 radical (unpaired) electrons. The van der Waals surface area contributed by atoms with Gasteiger partial charge < -0.3 is 20.1 Å². The molecule has 1 aliphatic carbocycles. The van der Waals surface area contributed by atoms with E-state index in [0.29, 0.717) is 29.8 Å². The summed E-state index contributed by atoms with van der Waals surface area (Å²) in [5.41, 5.74) is 0.701. The first-order chi connectivity index (χ1) is 10.2. The Bertz CT molecular complexity index is 471. The highest BCUT2D eigenvalue weighted by molar-refractivity contribution is 5.89. The molecule has 21 heavy (non-hydrogen) atoms. The van der Waals surface area contributed by atoms with Crippen LogP contribution in [0.15, 0.2) is 18.2 Å². The zero-order valence-electron chi connectivity index (χ0n) is 12.8. The van der Waals surface area contributed by atoms with E-state index in [1.807, 2.05) is 13.0 Å². The average molecular weight is 292 g/mol. The third kappa shape index (κ3) is 4.55. The van der Waals surface area contributed by atoms with Crippen molar-refractivity contribution >= 4 is 11.7 Å². The SMILES string of the molecule is CCOc1cc(NC(=O)NC2CCCCC2)ccc1OC. The molecule has 1 fully saturated rings. The molecule has 0 aromatic heterocycles. The molecule has 0 heterocycles. The topological polar surface area (TPSA) is 59.6 Å². The van der Waals surface area contributed by atoms with E-state index in [-0.39, 0.29) is 6.03 Å². The summed E-state index contributed by atoms with van der Waals surface area (Å²) >= 11 is 0. The molecule has 1 aromatic carbocycles. The van der Waals surface area contributed by atoms with Gasteiger partial charge in [0.25, 0.3) is 0 Å². The Balaban J connectivity index is 1.94. The van der Waals surface area contributed by atoms with E-state index in [2.05, 4.69) is 10.6 Å². The molecule has 1 aromatic rings. The molecule has 0 saturated heterocycles. The van der Waals surface area contributed by atoms with Crippen LogP contribution in [0.25, 0.3) is 0 Å². The van der Waals surface area contributed by atoms with E-state index in [0.717, 1.165) is 12.8 Å². The Kier molecular flexibility index (Phi) is 5.72. The fourth-order valence-corrected chi connectivity index (χ4v) is 2.62. The second-order valence-corrected chi connectivity index (χ2v) is 5.23. The zero-order chi connectivity index (χ0) is 15.1. The molecule has 0 aliphatic heterocycles. The van der Waals surface area contributed by atoms with Crippen molar-refractivity contribution in [3.63, 3.8) is 0 Å². The lowest BCUT2D eigenvalue weighted by atomic mass is 9.96. The van der Waals surface area contributed by atoms with Gasteiger partial charge in [0.1, 0.15) is 0 Å². The highest BCUT2D eigenvalue weighted by Gasteiger charge is 2.16. The maximum absolute atomic E-state index is 12.0. The maximum atomic E-state index is 12.0. The summed E-state index contributed by atoms with van der Waals surface area (Å²) in [5.74, 6) is 1.30. The fraction of sp³-hybridized carbons (Fsp3) is 0.562. The molecule has 2 N–H and O–H groups in total. The van der Waals surface area contributed by atoms with Gasteiger partial charge in [-0.1, -0.05) is 19.3 Å². The number of rotatable bonds is 5. The number of carbonyl (C=O) groups is 1. The van der Waals surface area contributed by atoms with E-state index >= 15 is 0 Å². The van der Waals surface area contributed by atoms with Crippen molar-refractivity contribution in [2.75, 3.05) is 19.0 Å². The smallest absolute Gasteiger partial charge is 0.319 e. The largest absolute Gasteiger partial charge is 0.493 e. The number of carbonyl (C=O) groups excluding carboxylic acids is 1. The van der Waals surface area contributed by atoms with Crippen molar-refractivity contribution in [2.24, 2.45) is 0 Å². The summed E-state index contributed by atoms with van der Waals surface area (Å²) < 4.78 is 10.7. The molecule has 1 aliphatic rings. The Labute approximate surface area is 126 Å². The predicted molar refractivity (Wildman–Crippen MR) is 83.2 cm³/mol. The predicted octanol–water partition coefficient (Wildman–Crippen LogP) is 3.55. The second-order valence-electron chi connectivity index (χ2n) is 5.23. The minimum Gasteiger partial charge on any atom is -0.493 e. The lowest BCUT2D eigenvalue weighted by Crippen LogP contribution is -2.39. The zero-order valence-corrected chi connectivity index (χ0v) is 12.8. The molecule has 5 heteroatoms. The van der Waals surface area contributed by atoms with Gasteiger partial charge in [0.15, 0.2) is 11.5 Å². The number of hydrogen-bond donors (Lipinski definition) is 2. The van der Waals surface area contributed by atoms with Gasteiger partial charge in [-0.2, -0.15) is 0 Å². The molecule has 0 atom stereocenters. The monoisotopic (exact) mass is 292 g/mol. The maximum Gasteiger partial charge on any atom is 0.319 e. The second kappa shape index (κ2) is 7.76. The van der Waals surface area contributed by atoms with Gasteiger partial charge in [-0.15, -0.1) is 0 Å². The molecule has 116 valence electrons. The fourth-order valence-electron chi connectivity index (χ4n) is 2.62. The first-order valence-electron chi connectivity index (χ1n) is 7.61. The van der Waals surface area contributed by atoms with Crippen molar-refractivity contribution in [1.82, 2.24) is 5.32 Å². The Morgan fingerprint density at radius 2 is 2.00 bits per heavy atom. The van der Waals surface area contributed by atoms with E-state index in [9.17, 15) is 4.79 Å².